The van der Waals surface area contributed by atoms with Gasteiger partial charge in [-0.3, -0.25) is 4.90 Å². The van der Waals surface area contributed by atoms with Gasteiger partial charge in [-0.15, -0.1) is 5.10 Å². The summed E-state index contributed by atoms with van der Waals surface area (Å²) in [5.74, 6) is 0.612. The van der Waals surface area contributed by atoms with Gasteiger partial charge in [-0.05, 0) is 53.9 Å². The first-order chi connectivity index (χ1) is 10.1. The number of nitrogens with two attached hydrogens (primary N) is 1. The Bertz CT molecular complexity index is 582. The molecule has 0 amide bonds. The van der Waals surface area contributed by atoms with Gasteiger partial charge in [0.15, 0.2) is 0 Å². The van der Waals surface area contributed by atoms with E-state index < -0.39 is 0 Å². The molecule has 0 spiro atoms. The van der Waals surface area contributed by atoms with E-state index in [1.807, 2.05) is 6.07 Å². The van der Waals surface area contributed by atoms with Gasteiger partial charge in [0.05, 0.1) is 5.69 Å². The summed E-state index contributed by atoms with van der Waals surface area (Å²) in [5.41, 5.74) is 8.47. The molecule has 1 aliphatic heterocycles. The molecule has 3 rings (SSSR count). The van der Waals surface area contributed by atoms with E-state index in [4.69, 9.17) is 5.73 Å². The Morgan fingerprint density at radius 1 is 1.38 bits per heavy atom. The number of aromatic nitrogens is 4. The zero-order chi connectivity index (χ0) is 14.8. The molecule has 1 fully saturated rings. The number of tetrazole rings is 1. The maximum absolute atomic E-state index is 6.22. The van der Waals surface area contributed by atoms with Crippen LogP contribution in [0.4, 0.5) is 0 Å². The van der Waals surface area contributed by atoms with Crippen LogP contribution >= 0.6 is 0 Å². The molecule has 1 saturated heterocycles. The molecular formula is C15H22N6. The van der Waals surface area contributed by atoms with Crippen LogP contribution in [0.15, 0.2) is 30.6 Å². The van der Waals surface area contributed by atoms with Gasteiger partial charge in [0.1, 0.15) is 6.33 Å². The molecule has 0 saturated carbocycles. The quantitative estimate of drug-likeness (QED) is 0.923. The van der Waals surface area contributed by atoms with Crippen molar-refractivity contribution in [2.75, 3.05) is 13.1 Å². The van der Waals surface area contributed by atoms with Crippen LogP contribution in [0.1, 0.15) is 31.9 Å². The van der Waals surface area contributed by atoms with Crippen LogP contribution in [-0.2, 0) is 0 Å². The van der Waals surface area contributed by atoms with E-state index in [1.54, 1.807) is 11.0 Å². The van der Waals surface area contributed by atoms with E-state index in [0.717, 1.165) is 25.2 Å². The van der Waals surface area contributed by atoms with Gasteiger partial charge in [0.25, 0.3) is 0 Å². The monoisotopic (exact) mass is 286 g/mol. The van der Waals surface area contributed by atoms with E-state index in [0.29, 0.717) is 12.0 Å². The van der Waals surface area contributed by atoms with Crippen LogP contribution in [0, 0.1) is 5.92 Å². The van der Waals surface area contributed by atoms with Gasteiger partial charge in [0.2, 0.25) is 0 Å². The Labute approximate surface area is 124 Å². The van der Waals surface area contributed by atoms with Crippen molar-refractivity contribution in [1.82, 2.24) is 25.1 Å². The maximum Gasteiger partial charge on any atom is 0.143 e. The molecule has 0 bridgehead atoms. The lowest BCUT2D eigenvalue weighted by Gasteiger charge is -2.38. The fourth-order valence-electron chi connectivity index (χ4n) is 2.89. The summed E-state index contributed by atoms with van der Waals surface area (Å²) < 4.78 is 1.68. The zero-order valence-corrected chi connectivity index (χ0v) is 12.6. The second-order valence-electron chi connectivity index (χ2n) is 5.95. The topological polar surface area (TPSA) is 72.9 Å². The molecule has 21 heavy (non-hydrogen) atoms. The standard InChI is InChI=1S/C15H22N6/c1-11-6-7-20(9-15(11)16)12(2)13-4-3-5-14(8-13)21-10-17-18-19-21/h3-5,8,10-12,15H,6-7,9,16H2,1-2H3. The van der Waals surface area contributed by atoms with E-state index >= 15 is 0 Å². The molecule has 1 aromatic carbocycles. The molecular weight excluding hydrogens is 264 g/mol. The highest BCUT2D eigenvalue weighted by Gasteiger charge is 2.26. The Balaban J connectivity index is 1.79. The summed E-state index contributed by atoms with van der Waals surface area (Å²) in [6.07, 6.45) is 2.78. The maximum atomic E-state index is 6.22. The lowest BCUT2D eigenvalue weighted by molar-refractivity contribution is 0.128. The normalized spacial score (nSPS) is 24.9. The molecule has 6 nitrogen and oxygen atoms in total. The van der Waals surface area contributed by atoms with Crippen LogP contribution in [0.2, 0.25) is 0 Å². The average molecular weight is 286 g/mol. The van der Waals surface area contributed by atoms with Crippen molar-refractivity contribution in [2.24, 2.45) is 11.7 Å². The third kappa shape index (κ3) is 2.96. The average Bonchev–Trinajstić information content (AvgIpc) is 3.04. The number of hydrogen-bond acceptors (Lipinski definition) is 5. The first-order valence-electron chi connectivity index (χ1n) is 7.48. The summed E-state index contributed by atoms with van der Waals surface area (Å²) in [7, 11) is 0. The van der Waals surface area contributed by atoms with Gasteiger partial charge >= 0.3 is 0 Å². The van der Waals surface area contributed by atoms with Gasteiger partial charge in [-0.2, -0.15) is 0 Å². The Hall–Kier alpha value is -1.79. The predicted molar refractivity (Wildman–Crippen MR) is 80.9 cm³/mol. The first-order valence-corrected chi connectivity index (χ1v) is 7.48. The number of piperidine rings is 1. The number of rotatable bonds is 3. The summed E-state index contributed by atoms with van der Waals surface area (Å²) >= 11 is 0. The molecule has 0 radical (unpaired) electrons. The van der Waals surface area contributed by atoms with E-state index in [9.17, 15) is 0 Å². The molecule has 2 N–H and O–H groups in total. The van der Waals surface area contributed by atoms with E-state index in [2.05, 4.69) is 52.5 Å². The molecule has 3 atom stereocenters. The van der Waals surface area contributed by atoms with Crippen molar-refractivity contribution in [3.63, 3.8) is 0 Å². The minimum atomic E-state index is 0.267. The highest BCUT2D eigenvalue weighted by molar-refractivity contribution is 5.35. The zero-order valence-electron chi connectivity index (χ0n) is 12.6. The summed E-state index contributed by atoms with van der Waals surface area (Å²) in [5, 5.41) is 11.3. The van der Waals surface area contributed by atoms with Crippen molar-refractivity contribution >= 4 is 0 Å². The summed E-state index contributed by atoms with van der Waals surface area (Å²) in [4.78, 5) is 2.46. The van der Waals surface area contributed by atoms with Crippen LogP contribution < -0.4 is 5.73 Å². The third-order valence-corrected chi connectivity index (χ3v) is 4.56. The first kappa shape index (κ1) is 14.2. The molecule has 3 unspecified atom stereocenters. The fraction of sp³-hybridized carbons (Fsp3) is 0.533. The molecule has 1 aromatic heterocycles. The van der Waals surface area contributed by atoms with Gasteiger partial charge in [-0.1, -0.05) is 19.1 Å². The SMILES string of the molecule is CC1CCN(C(C)c2cccc(-n3cnnn3)c2)CC1N. The minimum Gasteiger partial charge on any atom is -0.326 e. The molecule has 0 aliphatic carbocycles. The number of nitrogens with zero attached hydrogens (tertiary/aromatic N) is 5. The highest BCUT2D eigenvalue weighted by Crippen LogP contribution is 2.26. The molecule has 112 valence electrons. The van der Waals surface area contributed by atoms with Gasteiger partial charge < -0.3 is 5.73 Å². The van der Waals surface area contributed by atoms with Crippen LogP contribution in [-0.4, -0.2) is 44.2 Å². The Morgan fingerprint density at radius 2 is 2.24 bits per heavy atom. The fourth-order valence-corrected chi connectivity index (χ4v) is 2.89. The molecule has 2 aromatic rings. The Kier molecular flexibility index (Phi) is 3.98. The number of benzene rings is 1. The summed E-state index contributed by atoms with van der Waals surface area (Å²) in [6, 6.07) is 8.97. The largest absolute Gasteiger partial charge is 0.326 e. The van der Waals surface area contributed by atoms with Crippen molar-refractivity contribution in [1.29, 1.82) is 0 Å². The summed E-state index contributed by atoms with van der Waals surface area (Å²) in [6.45, 7) is 6.54. The van der Waals surface area contributed by atoms with Crippen molar-refractivity contribution in [3.05, 3.63) is 36.2 Å². The van der Waals surface area contributed by atoms with Crippen LogP contribution in [0.5, 0.6) is 0 Å². The van der Waals surface area contributed by atoms with Crippen LogP contribution in [0.25, 0.3) is 5.69 Å². The van der Waals surface area contributed by atoms with Crippen molar-refractivity contribution in [3.8, 4) is 5.69 Å². The number of likely N-dealkylation sites (tertiary alicyclic amines) is 1. The Morgan fingerprint density at radius 3 is 2.95 bits per heavy atom. The lowest BCUT2D eigenvalue weighted by atomic mass is 9.92. The molecule has 2 heterocycles. The van der Waals surface area contributed by atoms with Crippen molar-refractivity contribution in [2.45, 2.75) is 32.4 Å². The number of hydrogen-bond donors (Lipinski definition) is 1. The lowest BCUT2D eigenvalue weighted by Crippen LogP contribution is -2.48. The third-order valence-electron chi connectivity index (χ3n) is 4.56. The highest BCUT2D eigenvalue weighted by atomic mass is 15.5. The second-order valence-corrected chi connectivity index (χ2v) is 5.95. The smallest absolute Gasteiger partial charge is 0.143 e. The predicted octanol–water partition coefficient (Wildman–Crippen LogP) is 1.39. The van der Waals surface area contributed by atoms with Crippen LogP contribution in [0.3, 0.4) is 0 Å². The van der Waals surface area contributed by atoms with E-state index in [1.165, 1.54) is 5.56 Å². The minimum absolute atomic E-state index is 0.267. The molecule has 6 heteroatoms. The van der Waals surface area contributed by atoms with Gasteiger partial charge in [0, 0.05) is 18.6 Å². The van der Waals surface area contributed by atoms with Crippen molar-refractivity contribution < 1.29 is 0 Å². The van der Waals surface area contributed by atoms with Gasteiger partial charge in [-0.25, -0.2) is 4.68 Å². The molecule has 1 aliphatic rings. The van der Waals surface area contributed by atoms with E-state index in [-0.39, 0.29) is 6.04 Å². The second kappa shape index (κ2) is 5.91.